The minimum absolute atomic E-state index is 0.248. The topological polar surface area (TPSA) is 80.9 Å². The third kappa shape index (κ3) is 5.77. The molecule has 0 aliphatic carbocycles. The molecule has 106 valence electrons. The zero-order valence-electron chi connectivity index (χ0n) is 10.3. The molecule has 0 aliphatic heterocycles. The zero-order chi connectivity index (χ0) is 14.6. The molecule has 1 unspecified atom stereocenters. The predicted molar refractivity (Wildman–Crippen MR) is 65.6 cm³/mol. The number of aryl methyl sites for hydroxylation is 1. The number of nitrogens with one attached hydrogen (secondary N) is 1. The zero-order valence-corrected chi connectivity index (χ0v) is 11.1. The van der Waals surface area contributed by atoms with Gasteiger partial charge in [0.1, 0.15) is 12.4 Å². The van der Waals surface area contributed by atoms with Gasteiger partial charge in [0.15, 0.2) is 5.16 Å². The second-order valence-electron chi connectivity index (χ2n) is 3.81. The number of halogens is 3. The van der Waals surface area contributed by atoms with Crippen molar-refractivity contribution in [2.24, 2.45) is 0 Å². The normalized spacial score (nSPS) is 13.1. The van der Waals surface area contributed by atoms with E-state index in [1.165, 1.54) is 6.92 Å². The Morgan fingerprint density at radius 1 is 1.53 bits per heavy atom. The molecule has 0 saturated carbocycles. The van der Waals surface area contributed by atoms with E-state index in [2.05, 4.69) is 9.97 Å². The number of carbonyl (C=O) groups is 1. The summed E-state index contributed by atoms with van der Waals surface area (Å²) in [5, 5.41) is 1.31. The fourth-order valence-corrected chi connectivity index (χ4v) is 2.02. The maximum absolute atomic E-state index is 11.9. The van der Waals surface area contributed by atoms with Crippen molar-refractivity contribution in [1.82, 2.24) is 15.3 Å². The van der Waals surface area contributed by atoms with Crippen molar-refractivity contribution in [3.8, 4) is 0 Å². The first-order valence-corrected chi connectivity index (χ1v) is 6.17. The van der Waals surface area contributed by atoms with Gasteiger partial charge >= 0.3 is 6.18 Å². The van der Waals surface area contributed by atoms with E-state index in [-0.39, 0.29) is 11.0 Å². The first kappa shape index (κ1) is 15.5. The third-order valence-electron chi connectivity index (χ3n) is 1.97. The Morgan fingerprint density at radius 2 is 2.16 bits per heavy atom. The first-order chi connectivity index (χ1) is 8.67. The largest absolute Gasteiger partial charge is 0.405 e. The first-order valence-electron chi connectivity index (χ1n) is 5.29. The Balaban J connectivity index is 2.58. The van der Waals surface area contributed by atoms with Crippen LogP contribution in [-0.2, 0) is 4.79 Å². The average Bonchev–Trinajstić information content (AvgIpc) is 2.23. The van der Waals surface area contributed by atoms with Crippen LogP contribution in [0.4, 0.5) is 19.0 Å². The molecule has 1 atom stereocenters. The molecule has 0 spiro atoms. The van der Waals surface area contributed by atoms with Crippen LogP contribution in [0.2, 0.25) is 0 Å². The number of nitrogens with two attached hydrogens (primary N) is 1. The quantitative estimate of drug-likeness (QED) is 0.650. The van der Waals surface area contributed by atoms with E-state index in [0.717, 1.165) is 11.8 Å². The lowest BCUT2D eigenvalue weighted by Gasteiger charge is -2.12. The average molecular weight is 294 g/mol. The summed E-state index contributed by atoms with van der Waals surface area (Å²) in [6.45, 7) is 1.82. The molecule has 0 bridgehead atoms. The van der Waals surface area contributed by atoms with Crippen LogP contribution < -0.4 is 11.1 Å². The number of nitrogens with zero attached hydrogens (tertiary/aromatic N) is 2. The Hall–Kier alpha value is -1.51. The fraction of sp³-hybridized carbons (Fsp3) is 0.500. The number of thioether (sulfide) groups is 1. The van der Waals surface area contributed by atoms with Crippen molar-refractivity contribution >= 4 is 23.5 Å². The minimum atomic E-state index is -4.43. The summed E-state index contributed by atoms with van der Waals surface area (Å²) in [7, 11) is 0. The van der Waals surface area contributed by atoms with E-state index in [1.54, 1.807) is 18.3 Å². The van der Waals surface area contributed by atoms with Crippen LogP contribution in [0, 0.1) is 6.92 Å². The summed E-state index contributed by atoms with van der Waals surface area (Å²) in [4.78, 5) is 19.4. The van der Waals surface area contributed by atoms with Crippen LogP contribution >= 0.6 is 11.8 Å². The van der Waals surface area contributed by atoms with Gasteiger partial charge in [-0.3, -0.25) is 4.79 Å². The monoisotopic (exact) mass is 294 g/mol. The summed E-state index contributed by atoms with van der Waals surface area (Å²) < 4.78 is 35.8. The number of rotatable bonds is 4. The Labute approximate surface area is 112 Å². The lowest BCUT2D eigenvalue weighted by molar-refractivity contribution is -0.137. The Kier molecular flexibility index (Phi) is 4.98. The molecular weight excluding hydrogens is 281 g/mol. The van der Waals surface area contributed by atoms with E-state index < -0.39 is 23.9 Å². The van der Waals surface area contributed by atoms with Gasteiger partial charge in [-0.1, -0.05) is 11.8 Å². The number of alkyl halides is 3. The molecule has 0 radical (unpaired) electrons. The molecule has 3 N–H and O–H groups in total. The standard InChI is InChI=1S/C10H13F3N4OS/c1-5-3-7(14)17-9(16-5)19-6(2)8(18)15-4-10(11,12)13/h3,6H,4H2,1-2H3,(H,15,18)(H2,14,16,17). The molecule has 1 rings (SSSR count). The van der Waals surface area contributed by atoms with Crippen LogP contribution in [0.3, 0.4) is 0 Å². The molecule has 0 aliphatic rings. The molecule has 0 aromatic carbocycles. The van der Waals surface area contributed by atoms with Crippen molar-refractivity contribution in [1.29, 1.82) is 0 Å². The van der Waals surface area contributed by atoms with E-state index in [9.17, 15) is 18.0 Å². The summed E-state index contributed by atoms with van der Waals surface area (Å²) in [6, 6.07) is 1.55. The van der Waals surface area contributed by atoms with Crippen molar-refractivity contribution < 1.29 is 18.0 Å². The van der Waals surface area contributed by atoms with Gasteiger partial charge in [0.25, 0.3) is 0 Å². The highest BCUT2D eigenvalue weighted by atomic mass is 32.2. The Morgan fingerprint density at radius 3 is 2.68 bits per heavy atom. The van der Waals surface area contributed by atoms with Gasteiger partial charge in [-0.05, 0) is 13.8 Å². The molecule has 9 heteroatoms. The van der Waals surface area contributed by atoms with Crippen LogP contribution in [0.15, 0.2) is 11.2 Å². The number of amides is 1. The summed E-state index contributed by atoms with van der Waals surface area (Å²) in [5.41, 5.74) is 6.14. The Bertz CT molecular complexity index is 446. The molecule has 0 fully saturated rings. The number of hydrogen-bond acceptors (Lipinski definition) is 5. The van der Waals surface area contributed by atoms with E-state index in [1.807, 2.05) is 0 Å². The van der Waals surface area contributed by atoms with Crippen LogP contribution in [0.25, 0.3) is 0 Å². The van der Waals surface area contributed by atoms with Crippen molar-refractivity contribution in [2.75, 3.05) is 12.3 Å². The van der Waals surface area contributed by atoms with Gasteiger partial charge in [0.2, 0.25) is 5.91 Å². The van der Waals surface area contributed by atoms with Gasteiger partial charge in [0, 0.05) is 11.8 Å². The molecule has 1 heterocycles. The summed E-state index contributed by atoms with van der Waals surface area (Å²) >= 11 is 0.949. The predicted octanol–water partition coefficient (Wildman–Crippen LogP) is 1.53. The molecule has 0 saturated heterocycles. The molecule has 1 amide bonds. The smallest absolute Gasteiger partial charge is 0.384 e. The highest BCUT2D eigenvalue weighted by Crippen LogP contribution is 2.21. The second-order valence-corrected chi connectivity index (χ2v) is 5.12. The second kappa shape index (κ2) is 6.09. The minimum Gasteiger partial charge on any atom is -0.384 e. The molecule has 1 aromatic rings. The highest BCUT2D eigenvalue weighted by molar-refractivity contribution is 8.00. The van der Waals surface area contributed by atoms with Crippen LogP contribution in [-0.4, -0.2) is 33.8 Å². The maximum atomic E-state index is 11.9. The molecule has 1 aromatic heterocycles. The lowest BCUT2D eigenvalue weighted by atomic mass is 10.4. The number of hydrogen-bond donors (Lipinski definition) is 2. The maximum Gasteiger partial charge on any atom is 0.405 e. The third-order valence-corrected chi connectivity index (χ3v) is 2.93. The number of aromatic nitrogens is 2. The van der Waals surface area contributed by atoms with Crippen molar-refractivity contribution in [3.63, 3.8) is 0 Å². The van der Waals surface area contributed by atoms with Crippen LogP contribution in [0.1, 0.15) is 12.6 Å². The van der Waals surface area contributed by atoms with Gasteiger partial charge in [-0.2, -0.15) is 13.2 Å². The van der Waals surface area contributed by atoms with Crippen molar-refractivity contribution in [2.45, 2.75) is 30.4 Å². The van der Waals surface area contributed by atoms with Gasteiger partial charge in [0.05, 0.1) is 5.25 Å². The van der Waals surface area contributed by atoms with E-state index in [4.69, 9.17) is 5.73 Å². The van der Waals surface area contributed by atoms with Crippen LogP contribution in [0.5, 0.6) is 0 Å². The molecule has 5 nitrogen and oxygen atoms in total. The lowest BCUT2D eigenvalue weighted by Crippen LogP contribution is -2.38. The number of anilines is 1. The number of carbonyl (C=O) groups excluding carboxylic acids is 1. The summed E-state index contributed by atoms with van der Waals surface area (Å²) in [5.74, 6) is -0.482. The van der Waals surface area contributed by atoms with Gasteiger partial charge in [-0.25, -0.2) is 9.97 Å². The van der Waals surface area contributed by atoms with Gasteiger partial charge < -0.3 is 11.1 Å². The fourth-order valence-electron chi connectivity index (χ4n) is 1.16. The van der Waals surface area contributed by atoms with Gasteiger partial charge in [-0.15, -0.1) is 0 Å². The number of nitrogen functional groups attached to an aromatic ring is 1. The highest BCUT2D eigenvalue weighted by Gasteiger charge is 2.29. The van der Waals surface area contributed by atoms with Crippen molar-refractivity contribution in [3.05, 3.63) is 11.8 Å². The SMILES string of the molecule is Cc1cc(N)nc(SC(C)C(=O)NCC(F)(F)F)n1. The summed E-state index contributed by atoms with van der Waals surface area (Å²) in [6.07, 6.45) is -4.43. The molecule has 19 heavy (non-hydrogen) atoms. The van der Waals surface area contributed by atoms with E-state index >= 15 is 0 Å². The molecular formula is C10H13F3N4OS. The van der Waals surface area contributed by atoms with E-state index in [0.29, 0.717) is 5.69 Å².